The highest BCUT2D eigenvalue weighted by atomic mass is 35.5. The monoisotopic (exact) mass is 406 g/mol. The van der Waals surface area contributed by atoms with Crippen molar-refractivity contribution in [2.75, 3.05) is 12.8 Å². The van der Waals surface area contributed by atoms with Crippen LogP contribution in [0.1, 0.15) is 18.6 Å². The number of nitrogens with zero attached hydrogens (tertiary/aromatic N) is 1. The molecular weight excluding hydrogens is 390 g/mol. The molecule has 0 aliphatic rings. The molecule has 3 aromatic rings. The molecule has 140 valence electrons. The average Bonchev–Trinajstić information content (AvgIpc) is 2.67. The number of pyridine rings is 1. The Morgan fingerprint density at radius 2 is 1.89 bits per heavy atom. The number of methoxy groups -OCH3 is 1. The van der Waals surface area contributed by atoms with Crippen LogP contribution in [-0.4, -0.2) is 12.1 Å². The van der Waals surface area contributed by atoms with Gasteiger partial charge in [0.25, 0.3) is 0 Å². The zero-order chi connectivity index (χ0) is 19.6. The van der Waals surface area contributed by atoms with E-state index in [1.165, 1.54) is 12.1 Å². The van der Waals surface area contributed by atoms with Crippen molar-refractivity contribution < 1.29 is 13.9 Å². The van der Waals surface area contributed by atoms with Crippen molar-refractivity contribution in [3.8, 4) is 22.6 Å². The van der Waals surface area contributed by atoms with E-state index in [9.17, 15) is 4.39 Å². The number of halogens is 3. The number of anilines is 1. The van der Waals surface area contributed by atoms with Gasteiger partial charge in [0.15, 0.2) is 11.6 Å². The Labute approximate surface area is 166 Å². The molecule has 1 heterocycles. The average molecular weight is 407 g/mol. The Morgan fingerprint density at radius 3 is 2.63 bits per heavy atom. The molecule has 1 unspecified atom stereocenters. The minimum absolute atomic E-state index is 0.0783. The van der Waals surface area contributed by atoms with E-state index in [1.54, 1.807) is 26.3 Å². The summed E-state index contributed by atoms with van der Waals surface area (Å²) >= 11 is 12.2. The number of benzene rings is 2. The topological polar surface area (TPSA) is 57.4 Å². The van der Waals surface area contributed by atoms with Crippen LogP contribution in [0.3, 0.4) is 0 Å². The van der Waals surface area contributed by atoms with E-state index < -0.39 is 11.9 Å². The zero-order valence-corrected chi connectivity index (χ0v) is 16.2. The highest BCUT2D eigenvalue weighted by Gasteiger charge is 2.20. The maximum atomic E-state index is 13.8. The van der Waals surface area contributed by atoms with E-state index in [-0.39, 0.29) is 10.8 Å². The molecule has 0 aliphatic heterocycles. The molecule has 4 nitrogen and oxygen atoms in total. The molecule has 0 radical (unpaired) electrons. The predicted molar refractivity (Wildman–Crippen MR) is 106 cm³/mol. The van der Waals surface area contributed by atoms with Gasteiger partial charge in [0.2, 0.25) is 0 Å². The third-order valence-electron chi connectivity index (χ3n) is 4.07. The van der Waals surface area contributed by atoms with Crippen LogP contribution in [0, 0.1) is 5.82 Å². The second-order valence-electron chi connectivity index (χ2n) is 5.86. The molecule has 0 bridgehead atoms. The van der Waals surface area contributed by atoms with E-state index in [0.717, 1.165) is 16.9 Å². The Balaban J connectivity index is 1.95. The van der Waals surface area contributed by atoms with Crippen LogP contribution in [0.4, 0.5) is 10.2 Å². The Kier molecular flexibility index (Phi) is 5.73. The van der Waals surface area contributed by atoms with E-state index in [2.05, 4.69) is 4.98 Å². The Hall–Kier alpha value is -2.50. The van der Waals surface area contributed by atoms with E-state index >= 15 is 0 Å². The molecule has 3 rings (SSSR count). The van der Waals surface area contributed by atoms with E-state index in [1.807, 2.05) is 24.3 Å². The molecule has 0 spiro atoms. The quantitative estimate of drug-likeness (QED) is 0.533. The molecule has 27 heavy (non-hydrogen) atoms. The van der Waals surface area contributed by atoms with Crippen LogP contribution >= 0.6 is 23.2 Å². The Morgan fingerprint density at radius 1 is 1.11 bits per heavy atom. The van der Waals surface area contributed by atoms with Gasteiger partial charge in [-0.2, -0.15) is 0 Å². The molecule has 0 amide bonds. The molecule has 7 heteroatoms. The number of rotatable bonds is 5. The lowest BCUT2D eigenvalue weighted by Gasteiger charge is -2.19. The van der Waals surface area contributed by atoms with Gasteiger partial charge in [-0.1, -0.05) is 35.3 Å². The van der Waals surface area contributed by atoms with Crippen molar-refractivity contribution in [2.24, 2.45) is 0 Å². The molecule has 1 aromatic heterocycles. The van der Waals surface area contributed by atoms with Crippen molar-refractivity contribution in [3.63, 3.8) is 0 Å². The van der Waals surface area contributed by atoms with Crippen LogP contribution in [-0.2, 0) is 0 Å². The van der Waals surface area contributed by atoms with Gasteiger partial charge >= 0.3 is 0 Å². The minimum Gasteiger partial charge on any atom is -0.497 e. The zero-order valence-electron chi connectivity index (χ0n) is 14.7. The summed E-state index contributed by atoms with van der Waals surface area (Å²) in [6, 6.07) is 11.9. The molecular formula is C20H17Cl2FN2O2. The van der Waals surface area contributed by atoms with E-state index in [4.69, 9.17) is 38.4 Å². The smallest absolute Gasteiger partial charge is 0.166 e. The van der Waals surface area contributed by atoms with Crippen molar-refractivity contribution in [3.05, 3.63) is 70.1 Å². The highest BCUT2D eigenvalue weighted by molar-refractivity contribution is 6.36. The fourth-order valence-corrected chi connectivity index (χ4v) is 3.35. The highest BCUT2D eigenvalue weighted by Crippen LogP contribution is 2.37. The lowest BCUT2D eigenvalue weighted by molar-refractivity contribution is 0.227. The number of hydrogen-bond donors (Lipinski definition) is 1. The molecule has 0 fully saturated rings. The van der Waals surface area contributed by atoms with Crippen LogP contribution in [0.15, 0.2) is 48.7 Å². The maximum absolute atomic E-state index is 13.8. The predicted octanol–water partition coefficient (Wildman–Crippen LogP) is 5.93. The largest absolute Gasteiger partial charge is 0.497 e. The fraction of sp³-hybridized carbons (Fsp3) is 0.150. The first-order chi connectivity index (χ1) is 12.9. The number of nitrogen functional groups attached to an aromatic ring is 1. The number of aromatic nitrogens is 1. The summed E-state index contributed by atoms with van der Waals surface area (Å²) in [4.78, 5) is 4.19. The first-order valence-electron chi connectivity index (χ1n) is 8.10. The van der Waals surface area contributed by atoms with Crippen LogP contribution in [0.2, 0.25) is 10.0 Å². The third kappa shape index (κ3) is 4.10. The summed E-state index contributed by atoms with van der Waals surface area (Å²) in [5.74, 6) is 0.706. The second kappa shape index (κ2) is 8.03. The van der Waals surface area contributed by atoms with Gasteiger partial charge in [0.1, 0.15) is 17.7 Å². The molecule has 0 saturated carbocycles. The van der Waals surface area contributed by atoms with Crippen molar-refractivity contribution in [2.45, 2.75) is 13.0 Å². The van der Waals surface area contributed by atoms with Crippen molar-refractivity contribution in [1.29, 1.82) is 0 Å². The lowest BCUT2D eigenvalue weighted by Crippen LogP contribution is -2.08. The second-order valence-corrected chi connectivity index (χ2v) is 6.64. The van der Waals surface area contributed by atoms with Crippen LogP contribution < -0.4 is 15.2 Å². The van der Waals surface area contributed by atoms with Gasteiger partial charge in [-0.15, -0.1) is 0 Å². The molecule has 2 N–H and O–H groups in total. The first kappa shape index (κ1) is 19.3. The van der Waals surface area contributed by atoms with Gasteiger partial charge < -0.3 is 15.2 Å². The summed E-state index contributed by atoms with van der Waals surface area (Å²) < 4.78 is 25.0. The molecule has 2 aromatic carbocycles. The van der Waals surface area contributed by atoms with Gasteiger partial charge in [-0.3, -0.25) is 0 Å². The van der Waals surface area contributed by atoms with Crippen molar-refractivity contribution >= 4 is 29.0 Å². The Bertz CT molecular complexity index is 982. The van der Waals surface area contributed by atoms with Crippen LogP contribution in [0.5, 0.6) is 11.5 Å². The fourth-order valence-electron chi connectivity index (χ4n) is 2.67. The summed E-state index contributed by atoms with van der Waals surface area (Å²) in [6.45, 7) is 1.71. The standard InChI is InChI=1S/C20H17Cl2FN2O2/c1-11(18-15(21)6-7-16(23)19(18)22)27-17-9-13(10-25-20(17)24)12-4-3-5-14(8-12)26-2/h3-11H,1-2H3,(H2,24,25). The molecule has 0 saturated heterocycles. The minimum atomic E-state index is -0.634. The molecule has 1 atom stereocenters. The first-order valence-corrected chi connectivity index (χ1v) is 8.86. The number of hydrogen-bond acceptors (Lipinski definition) is 4. The number of nitrogens with two attached hydrogens (primary N) is 1. The van der Waals surface area contributed by atoms with Gasteiger partial charge in [-0.05, 0) is 42.8 Å². The lowest BCUT2D eigenvalue weighted by atomic mass is 10.1. The van der Waals surface area contributed by atoms with Crippen LogP contribution in [0.25, 0.3) is 11.1 Å². The van der Waals surface area contributed by atoms with E-state index in [0.29, 0.717) is 16.3 Å². The summed E-state index contributed by atoms with van der Waals surface area (Å²) in [6.07, 6.45) is 1.01. The summed E-state index contributed by atoms with van der Waals surface area (Å²) in [5.41, 5.74) is 7.99. The normalized spacial score (nSPS) is 11.9. The maximum Gasteiger partial charge on any atom is 0.166 e. The molecule has 0 aliphatic carbocycles. The van der Waals surface area contributed by atoms with Crippen molar-refractivity contribution in [1.82, 2.24) is 4.98 Å². The van der Waals surface area contributed by atoms with Gasteiger partial charge in [0.05, 0.1) is 12.1 Å². The van der Waals surface area contributed by atoms with Gasteiger partial charge in [0, 0.05) is 22.3 Å². The summed E-state index contributed by atoms with van der Waals surface area (Å²) in [5, 5.41) is 0.231. The van der Waals surface area contributed by atoms with Gasteiger partial charge in [-0.25, -0.2) is 9.37 Å². The third-order valence-corrected chi connectivity index (χ3v) is 4.79. The number of ether oxygens (including phenoxy) is 2. The SMILES string of the molecule is COc1cccc(-c2cnc(N)c(OC(C)c3c(Cl)ccc(F)c3Cl)c2)c1. The summed E-state index contributed by atoms with van der Waals surface area (Å²) in [7, 11) is 1.60.